The van der Waals surface area contributed by atoms with Crippen LogP contribution in [0.3, 0.4) is 0 Å². The second-order valence-corrected chi connectivity index (χ2v) is 6.14. The maximum atomic E-state index is 12.5. The Balaban J connectivity index is 2.14. The smallest absolute Gasteiger partial charge is 0.312 e. The molecule has 19 heavy (non-hydrogen) atoms. The molecule has 2 unspecified atom stereocenters. The average molecular weight is 289 g/mol. The Morgan fingerprint density at radius 2 is 1.89 bits per heavy atom. The summed E-state index contributed by atoms with van der Waals surface area (Å²) in [5.41, 5.74) is 0.359. The summed E-state index contributed by atoms with van der Waals surface area (Å²) in [6, 6.07) is 5.67. The van der Waals surface area contributed by atoms with E-state index in [4.69, 9.17) is 0 Å². The summed E-state index contributed by atoms with van der Waals surface area (Å²) in [5, 5.41) is 3.70. The van der Waals surface area contributed by atoms with Crippen LogP contribution in [0.2, 0.25) is 0 Å². The molecule has 1 aromatic carbocycles. The second kappa shape index (κ2) is 6.18. The van der Waals surface area contributed by atoms with Gasteiger partial charge in [-0.3, -0.25) is 0 Å². The SMILES string of the molecule is CNC(c1ccc(C(F)(F)F)cc1)C1CCCCS1. The third kappa shape index (κ3) is 3.66. The Bertz CT molecular complexity index is 396. The molecule has 0 aromatic heterocycles. The van der Waals surface area contributed by atoms with E-state index >= 15 is 0 Å². The van der Waals surface area contributed by atoms with Crippen LogP contribution < -0.4 is 5.32 Å². The predicted molar refractivity (Wildman–Crippen MR) is 73.3 cm³/mol. The van der Waals surface area contributed by atoms with Crippen LogP contribution in [-0.4, -0.2) is 18.1 Å². The number of thioether (sulfide) groups is 1. The van der Waals surface area contributed by atoms with E-state index in [0.717, 1.165) is 17.7 Å². The molecule has 1 heterocycles. The molecule has 1 fully saturated rings. The number of halogens is 3. The maximum Gasteiger partial charge on any atom is 0.416 e. The van der Waals surface area contributed by atoms with E-state index in [1.165, 1.54) is 25.0 Å². The lowest BCUT2D eigenvalue weighted by Gasteiger charge is -2.30. The summed E-state index contributed by atoms with van der Waals surface area (Å²) in [6.07, 6.45) is -0.689. The first-order valence-electron chi connectivity index (χ1n) is 6.48. The summed E-state index contributed by atoms with van der Waals surface area (Å²) < 4.78 is 37.6. The van der Waals surface area contributed by atoms with Crippen molar-refractivity contribution < 1.29 is 13.2 Å². The van der Waals surface area contributed by atoms with Crippen LogP contribution in [0.15, 0.2) is 24.3 Å². The van der Waals surface area contributed by atoms with Crippen LogP contribution in [0.1, 0.15) is 36.4 Å². The zero-order valence-electron chi connectivity index (χ0n) is 10.8. The van der Waals surface area contributed by atoms with Crippen LogP contribution in [-0.2, 0) is 6.18 Å². The van der Waals surface area contributed by atoms with Gasteiger partial charge in [0.25, 0.3) is 0 Å². The van der Waals surface area contributed by atoms with Gasteiger partial charge in [0.05, 0.1) is 5.56 Å². The Morgan fingerprint density at radius 1 is 1.21 bits per heavy atom. The molecule has 0 bridgehead atoms. The molecule has 1 N–H and O–H groups in total. The average Bonchev–Trinajstić information content (AvgIpc) is 2.40. The van der Waals surface area contributed by atoms with E-state index in [2.05, 4.69) is 5.32 Å². The van der Waals surface area contributed by atoms with Crippen molar-refractivity contribution in [3.63, 3.8) is 0 Å². The highest BCUT2D eigenvalue weighted by Gasteiger charge is 2.31. The van der Waals surface area contributed by atoms with E-state index in [0.29, 0.717) is 5.25 Å². The molecule has 0 aliphatic carbocycles. The van der Waals surface area contributed by atoms with Gasteiger partial charge < -0.3 is 5.32 Å². The normalized spacial score (nSPS) is 22.2. The summed E-state index contributed by atoms with van der Waals surface area (Å²) in [5.74, 6) is 1.14. The first kappa shape index (κ1) is 14.7. The molecule has 1 aliphatic heterocycles. The molecular weight excluding hydrogens is 271 g/mol. The van der Waals surface area contributed by atoms with Crippen LogP contribution in [0.4, 0.5) is 13.2 Å². The number of hydrogen-bond donors (Lipinski definition) is 1. The molecule has 1 aromatic rings. The molecular formula is C14H18F3NS. The molecule has 2 atom stereocenters. The van der Waals surface area contributed by atoms with Gasteiger partial charge >= 0.3 is 6.18 Å². The highest BCUT2D eigenvalue weighted by atomic mass is 32.2. The van der Waals surface area contributed by atoms with Crippen molar-refractivity contribution in [3.05, 3.63) is 35.4 Å². The van der Waals surface area contributed by atoms with E-state index in [9.17, 15) is 13.2 Å². The zero-order chi connectivity index (χ0) is 13.9. The minimum Gasteiger partial charge on any atom is -0.312 e. The molecule has 1 saturated heterocycles. The molecule has 1 nitrogen and oxygen atoms in total. The Hall–Kier alpha value is -0.680. The molecule has 2 rings (SSSR count). The van der Waals surface area contributed by atoms with Crippen molar-refractivity contribution in [2.24, 2.45) is 0 Å². The van der Waals surface area contributed by atoms with Gasteiger partial charge in [-0.15, -0.1) is 0 Å². The highest BCUT2D eigenvalue weighted by Crippen LogP contribution is 2.36. The van der Waals surface area contributed by atoms with Crippen molar-refractivity contribution in [1.29, 1.82) is 0 Å². The van der Waals surface area contributed by atoms with Crippen molar-refractivity contribution in [2.75, 3.05) is 12.8 Å². The maximum absolute atomic E-state index is 12.5. The first-order chi connectivity index (χ1) is 9.02. The minimum absolute atomic E-state index is 0.132. The third-order valence-electron chi connectivity index (χ3n) is 3.49. The summed E-state index contributed by atoms with van der Waals surface area (Å²) in [6.45, 7) is 0. The number of hydrogen-bond acceptors (Lipinski definition) is 2. The van der Waals surface area contributed by atoms with Gasteiger partial charge in [-0.25, -0.2) is 0 Å². The number of nitrogens with one attached hydrogen (secondary N) is 1. The molecule has 0 spiro atoms. The van der Waals surface area contributed by atoms with Gasteiger partial charge in [0.15, 0.2) is 0 Å². The fourth-order valence-electron chi connectivity index (χ4n) is 2.48. The number of benzene rings is 1. The summed E-state index contributed by atoms with van der Waals surface area (Å²) in [4.78, 5) is 0. The monoisotopic (exact) mass is 289 g/mol. The van der Waals surface area contributed by atoms with E-state index in [1.54, 1.807) is 12.1 Å². The van der Waals surface area contributed by atoms with E-state index in [1.807, 2.05) is 18.8 Å². The third-order valence-corrected chi connectivity index (χ3v) is 4.96. The Kier molecular flexibility index (Phi) is 4.79. The van der Waals surface area contributed by atoms with Crippen LogP contribution in [0.25, 0.3) is 0 Å². The first-order valence-corrected chi connectivity index (χ1v) is 7.53. The molecule has 106 valence electrons. The molecule has 0 saturated carbocycles. The zero-order valence-corrected chi connectivity index (χ0v) is 11.7. The van der Waals surface area contributed by atoms with E-state index < -0.39 is 11.7 Å². The lowest BCUT2D eigenvalue weighted by atomic mass is 9.98. The Labute approximate surface area is 116 Å². The number of rotatable bonds is 3. The topological polar surface area (TPSA) is 12.0 Å². The van der Waals surface area contributed by atoms with Crippen LogP contribution in [0.5, 0.6) is 0 Å². The fraction of sp³-hybridized carbons (Fsp3) is 0.571. The van der Waals surface area contributed by atoms with Crippen LogP contribution in [0, 0.1) is 0 Å². The summed E-state index contributed by atoms with van der Waals surface area (Å²) in [7, 11) is 1.87. The summed E-state index contributed by atoms with van der Waals surface area (Å²) >= 11 is 1.92. The molecule has 0 radical (unpaired) electrons. The van der Waals surface area contributed by atoms with Gasteiger partial charge in [-0.2, -0.15) is 24.9 Å². The van der Waals surface area contributed by atoms with Crippen LogP contribution >= 0.6 is 11.8 Å². The number of alkyl halides is 3. The van der Waals surface area contributed by atoms with Gasteiger partial charge in [0.1, 0.15) is 0 Å². The van der Waals surface area contributed by atoms with Gasteiger partial charge in [0.2, 0.25) is 0 Å². The fourth-order valence-corrected chi connectivity index (χ4v) is 3.97. The molecule has 5 heteroatoms. The van der Waals surface area contributed by atoms with Gasteiger partial charge in [-0.05, 0) is 43.3 Å². The standard InChI is InChI=1S/C14H18F3NS/c1-18-13(12-4-2-3-9-19-12)10-5-7-11(8-6-10)14(15,16)17/h5-8,12-13,18H,2-4,9H2,1H3. The lowest BCUT2D eigenvalue weighted by molar-refractivity contribution is -0.137. The second-order valence-electron chi connectivity index (χ2n) is 4.79. The molecule has 1 aliphatic rings. The van der Waals surface area contributed by atoms with Crippen molar-refractivity contribution in [3.8, 4) is 0 Å². The predicted octanol–water partition coefficient (Wildman–Crippen LogP) is 4.25. The van der Waals surface area contributed by atoms with Crippen molar-refractivity contribution in [1.82, 2.24) is 5.32 Å². The van der Waals surface area contributed by atoms with Gasteiger partial charge in [0, 0.05) is 11.3 Å². The quantitative estimate of drug-likeness (QED) is 0.892. The van der Waals surface area contributed by atoms with E-state index in [-0.39, 0.29) is 6.04 Å². The Morgan fingerprint density at radius 3 is 2.37 bits per heavy atom. The van der Waals surface area contributed by atoms with Crippen molar-refractivity contribution >= 4 is 11.8 Å². The molecule has 0 amide bonds. The van der Waals surface area contributed by atoms with Gasteiger partial charge in [-0.1, -0.05) is 18.6 Å². The lowest BCUT2D eigenvalue weighted by Crippen LogP contribution is -2.29. The largest absolute Gasteiger partial charge is 0.416 e. The minimum atomic E-state index is -4.26. The van der Waals surface area contributed by atoms with Crippen molar-refractivity contribution in [2.45, 2.75) is 36.7 Å². The highest BCUT2D eigenvalue weighted by molar-refractivity contribution is 8.00.